The molecule has 0 aromatic rings. The van der Waals surface area contributed by atoms with Crippen LogP contribution in [-0.2, 0) is 23.8 Å². The van der Waals surface area contributed by atoms with E-state index in [0.717, 1.165) is 51.4 Å². The number of carbonyl (C=O) groups excluding carboxylic acids is 2. The number of hydrogen-bond donors (Lipinski definition) is 4. The van der Waals surface area contributed by atoms with Crippen LogP contribution in [0, 0.1) is 39.4 Å². The highest BCUT2D eigenvalue weighted by atomic mass is 16.7. The van der Waals surface area contributed by atoms with Crippen molar-refractivity contribution < 1.29 is 44.2 Å². The molecule has 0 aromatic heterocycles. The van der Waals surface area contributed by atoms with Crippen LogP contribution in [0.15, 0.2) is 23.3 Å². The summed E-state index contributed by atoms with van der Waals surface area (Å²) in [6.45, 7) is 16.4. The highest BCUT2D eigenvalue weighted by Crippen LogP contribution is 2.72. The largest absolute Gasteiger partial charge is 0.462 e. The Kier molecular flexibility index (Phi) is 9.48. The Bertz CT molecular complexity index is 1250. The summed E-state index contributed by atoms with van der Waals surface area (Å²) in [5.74, 6) is -0.940. The van der Waals surface area contributed by atoms with Gasteiger partial charge in [0.1, 0.15) is 18.3 Å². The molecule has 0 aromatic carbocycles. The number of aliphatic hydroxyl groups is 4. The fourth-order valence-corrected chi connectivity index (χ4v) is 10.8. The second-order valence-electron chi connectivity index (χ2n) is 16.9. The molecule has 9 nitrogen and oxygen atoms in total. The number of fused-ring (bicyclic) bond motifs is 4. The average molecular weight is 647 g/mol. The zero-order valence-electron chi connectivity index (χ0n) is 29.2. The molecule has 9 heteroatoms. The second kappa shape index (κ2) is 12.3. The van der Waals surface area contributed by atoms with Gasteiger partial charge in [-0.2, -0.15) is 0 Å². The fourth-order valence-electron chi connectivity index (χ4n) is 10.8. The van der Waals surface area contributed by atoms with Crippen LogP contribution in [-0.4, -0.2) is 75.3 Å². The van der Waals surface area contributed by atoms with Gasteiger partial charge in [0.15, 0.2) is 12.4 Å². The number of allylic oxidation sites excluding steroid dienone is 3. The standard InChI is InChI=1S/C37H58O9/c1-21(38)45-28-15-17-35(6)24-14-19-36(7)23(13-18-37(36,8)25(24)11-12-27(35)34(28,4)5)22(10-9-16-33(2,3)43)31(41)46-30-29(40)26(39)20-44-32(30)42/h9,16,22-23,26-30,32,39-40,42-43H,10-15,17-20H2,1-8H3/b16-9+/t22-,23-,26-,27+,28-,29+,30-,32-,35-,36-,37+/m1/s1. The van der Waals surface area contributed by atoms with Gasteiger partial charge in [0.2, 0.25) is 0 Å². The molecule has 11 atom stereocenters. The molecule has 46 heavy (non-hydrogen) atoms. The van der Waals surface area contributed by atoms with Crippen molar-refractivity contribution in [3.63, 3.8) is 0 Å². The van der Waals surface area contributed by atoms with Crippen LogP contribution in [0.4, 0.5) is 0 Å². The van der Waals surface area contributed by atoms with E-state index in [-0.39, 0.29) is 46.3 Å². The number of aliphatic hydroxyl groups excluding tert-OH is 3. The summed E-state index contributed by atoms with van der Waals surface area (Å²) in [5.41, 5.74) is 1.67. The Morgan fingerprint density at radius 3 is 2.33 bits per heavy atom. The normalized spacial score (nSPS) is 43.0. The predicted octanol–water partition coefficient (Wildman–Crippen LogP) is 4.98. The van der Waals surface area contributed by atoms with E-state index in [1.807, 2.05) is 6.08 Å². The van der Waals surface area contributed by atoms with Crippen LogP contribution in [0.1, 0.15) is 113 Å². The van der Waals surface area contributed by atoms with E-state index < -0.39 is 42.1 Å². The number of esters is 2. The van der Waals surface area contributed by atoms with Gasteiger partial charge in [-0.3, -0.25) is 9.59 Å². The van der Waals surface area contributed by atoms with Gasteiger partial charge in [0.25, 0.3) is 0 Å². The van der Waals surface area contributed by atoms with Gasteiger partial charge in [-0.05, 0) is 99.7 Å². The van der Waals surface area contributed by atoms with Crippen LogP contribution < -0.4 is 0 Å². The van der Waals surface area contributed by atoms with Gasteiger partial charge >= 0.3 is 11.9 Å². The Morgan fingerprint density at radius 1 is 0.978 bits per heavy atom. The highest BCUT2D eigenvalue weighted by molar-refractivity contribution is 5.74. The lowest BCUT2D eigenvalue weighted by atomic mass is 9.43. The number of ether oxygens (including phenoxy) is 3. The molecular formula is C37H58O9. The van der Waals surface area contributed by atoms with E-state index in [1.54, 1.807) is 31.1 Å². The monoisotopic (exact) mass is 646 g/mol. The molecule has 0 amide bonds. The first kappa shape index (κ1) is 35.5. The maximum atomic E-state index is 14.0. The maximum Gasteiger partial charge on any atom is 0.310 e. The smallest absolute Gasteiger partial charge is 0.310 e. The molecule has 2 saturated carbocycles. The molecular weight excluding hydrogens is 588 g/mol. The van der Waals surface area contributed by atoms with E-state index in [0.29, 0.717) is 12.3 Å². The first-order valence-corrected chi connectivity index (χ1v) is 17.4. The fraction of sp³-hybridized carbons (Fsp3) is 0.838. The summed E-state index contributed by atoms with van der Waals surface area (Å²) in [7, 11) is 0. The zero-order valence-corrected chi connectivity index (χ0v) is 29.2. The summed E-state index contributed by atoms with van der Waals surface area (Å²) in [6, 6.07) is 0. The lowest BCUT2D eigenvalue weighted by molar-refractivity contribution is -0.262. The quantitative estimate of drug-likeness (QED) is 0.222. The van der Waals surface area contributed by atoms with Crippen molar-refractivity contribution in [2.24, 2.45) is 39.4 Å². The van der Waals surface area contributed by atoms with Crippen molar-refractivity contribution in [2.75, 3.05) is 6.61 Å². The summed E-state index contributed by atoms with van der Waals surface area (Å²) < 4.78 is 16.8. The topological polar surface area (TPSA) is 143 Å². The van der Waals surface area contributed by atoms with Gasteiger partial charge in [0, 0.05) is 12.3 Å². The predicted molar refractivity (Wildman–Crippen MR) is 172 cm³/mol. The number of hydrogen-bond acceptors (Lipinski definition) is 9. The molecule has 4 aliphatic carbocycles. The van der Waals surface area contributed by atoms with E-state index in [4.69, 9.17) is 14.2 Å². The van der Waals surface area contributed by atoms with Crippen molar-refractivity contribution >= 4 is 11.9 Å². The molecule has 260 valence electrons. The maximum absolute atomic E-state index is 14.0. The minimum atomic E-state index is -1.53. The Hall–Kier alpha value is -1.78. The molecule has 1 heterocycles. The van der Waals surface area contributed by atoms with Crippen molar-refractivity contribution in [1.29, 1.82) is 0 Å². The van der Waals surface area contributed by atoms with E-state index in [9.17, 15) is 30.0 Å². The summed E-state index contributed by atoms with van der Waals surface area (Å²) in [6.07, 6.45) is 5.69. The van der Waals surface area contributed by atoms with Gasteiger partial charge in [-0.1, -0.05) is 57.9 Å². The van der Waals surface area contributed by atoms with Crippen LogP contribution in [0.25, 0.3) is 0 Å². The van der Waals surface area contributed by atoms with E-state index >= 15 is 0 Å². The van der Waals surface area contributed by atoms with Crippen LogP contribution in [0.5, 0.6) is 0 Å². The highest BCUT2D eigenvalue weighted by Gasteiger charge is 2.64. The molecule has 0 bridgehead atoms. The molecule has 1 saturated heterocycles. The molecule has 0 radical (unpaired) electrons. The minimum absolute atomic E-state index is 0.0258. The number of carbonyl (C=O) groups is 2. The molecule has 5 rings (SSSR count). The molecule has 0 spiro atoms. The van der Waals surface area contributed by atoms with E-state index in [2.05, 4.69) is 34.6 Å². The van der Waals surface area contributed by atoms with Crippen LogP contribution >= 0.6 is 0 Å². The SMILES string of the molecule is CC(=O)O[C@@H]1CC[C@]2(C)C3=C(CC[C@H]2C1(C)C)[C@]1(C)CC[C@H]([C@@H](C/C=C/C(C)(C)O)C(=O)O[C@@H]2[C@@H](O)[C@H](O)CO[C@H]2O)[C@@]1(C)CC3. The van der Waals surface area contributed by atoms with Crippen molar-refractivity contribution in [2.45, 2.75) is 149 Å². The lowest BCUT2D eigenvalue weighted by Gasteiger charge is -2.62. The van der Waals surface area contributed by atoms with Crippen molar-refractivity contribution in [1.82, 2.24) is 0 Å². The van der Waals surface area contributed by atoms with Gasteiger partial charge in [0.05, 0.1) is 18.1 Å². The Balaban J connectivity index is 1.46. The van der Waals surface area contributed by atoms with Gasteiger partial charge < -0.3 is 34.6 Å². The van der Waals surface area contributed by atoms with Crippen molar-refractivity contribution in [3.05, 3.63) is 23.3 Å². The Labute approximate surface area is 274 Å². The molecule has 0 unspecified atom stereocenters. The third-order valence-electron chi connectivity index (χ3n) is 13.5. The van der Waals surface area contributed by atoms with E-state index in [1.165, 1.54) is 6.92 Å². The summed E-state index contributed by atoms with van der Waals surface area (Å²) >= 11 is 0. The van der Waals surface area contributed by atoms with Gasteiger partial charge in [-0.25, -0.2) is 0 Å². The third-order valence-corrected chi connectivity index (χ3v) is 13.5. The average Bonchev–Trinajstić information content (AvgIpc) is 3.23. The minimum Gasteiger partial charge on any atom is -0.462 e. The first-order valence-electron chi connectivity index (χ1n) is 17.4. The molecule has 3 fully saturated rings. The summed E-state index contributed by atoms with van der Waals surface area (Å²) in [4.78, 5) is 26.0. The van der Waals surface area contributed by atoms with Gasteiger partial charge in [-0.15, -0.1) is 0 Å². The Morgan fingerprint density at radius 2 is 1.67 bits per heavy atom. The molecule has 5 aliphatic rings. The van der Waals surface area contributed by atoms with Crippen molar-refractivity contribution in [3.8, 4) is 0 Å². The second-order valence-corrected chi connectivity index (χ2v) is 16.9. The lowest BCUT2D eigenvalue weighted by Crippen LogP contribution is -2.56. The molecule has 1 aliphatic heterocycles. The first-order chi connectivity index (χ1) is 21.3. The zero-order chi connectivity index (χ0) is 34.0. The summed E-state index contributed by atoms with van der Waals surface area (Å²) in [5, 5.41) is 41.5. The molecule has 4 N–H and O–H groups in total. The van der Waals surface area contributed by atoms with Crippen LogP contribution in [0.2, 0.25) is 0 Å². The third kappa shape index (κ3) is 5.90. The van der Waals surface area contributed by atoms with Crippen LogP contribution in [0.3, 0.4) is 0 Å². The number of rotatable bonds is 7.